The highest BCUT2D eigenvalue weighted by molar-refractivity contribution is 6.35. The third-order valence-electron chi connectivity index (χ3n) is 4.86. The minimum Gasteiger partial charge on any atom is -0.343 e. The van der Waals surface area contributed by atoms with E-state index in [2.05, 4.69) is 29.4 Å². The second-order valence-electron chi connectivity index (χ2n) is 7.42. The van der Waals surface area contributed by atoms with E-state index in [4.69, 9.17) is 23.2 Å². The fourth-order valence-corrected chi connectivity index (χ4v) is 4.38. The van der Waals surface area contributed by atoms with Gasteiger partial charge in [-0.2, -0.15) is 0 Å². The van der Waals surface area contributed by atoms with E-state index in [0.717, 1.165) is 12.1 Å². The van der Waals surface area contributed by atoms with Crippen molar-refractivity contribution in [2.24, 2.45) is 5.41 Å². The molecule has 0 fully saturated rings. The number of ketones is 1. The number of nitrogens with one attached hydrogen (secondary N) is 3. The molecule has 0 amide bonds. The molecule has 0 radical (unpaired) electrons. The SMILES string of the molecule is CC1(C)CC(=O)C2=C(C1)Nc1[nH][nH]c(=O)c1[C@@H]2c1ccc(Cl)cc1Cl. The number of rotatable bonds is 1. The van der Waals surface area contributed by atoms with E-state index in [1.54, 1.807) is 18.2 Å². The molecule has 7 heteroatoms. The molecule has 25 heavy (non-hydrogen) atoms. The number of fused-ring (bicyclic) bond motifs is 1. The normalized spacial score (nSPS) is 21.6. The first-order chi connectivity index (χ1) is 11.8. The van der Waals surface area contributed by atoms with E-state index in [-0.39, 0.29) is 16.8 Å². The Hall–Kier alpha value is -1.98. The van der Waals surface area contributed by atoms with E-state index < -0.39 is 5.92 Å². The predicted molar refractivity (Wildman–Crippen MR) is 98.4 cm³/mol. The number of aromatic amines is 2. The lowest BCUT2D eigenvalue weighted by molar-refractivity contribution is -0.118. The number of aromatic nitrogens is 2. The number of carbonyl (C=O) groups is 1. The number of anilines is 1. The predicted octanol–water partition coefficient (Wildman–Crippen LogP) is 4.21. The quantitative estimate of drug-likeness (QED) is 0.696. The molecular formula is C18H17Cl2N3O2. The average Bonchev–Trinajstić information content (AvgIpc) is 2.85. The summed E-state index contributed by atoms with van der Waals surface area (Å²) < 4.78 is 0. The van der Waals surface area contributed by atoms with Gasteiger partial charge in [-0.1, -0.05) is 43.1 Å². The molecule has 0 spiro atoms. The van der Waals surface area contributed by atoms with Crippen LogP contribution < -0.4 is 10.9 Å². The Morgan fingerprint density at radius 2 is 1.88 bits per heavy atom. The number of hydrogen-bond acceptors (Lipinski definition) is 3. The molecular weight excluding hydrogens is 361 g/mol. The Labute approximate surface area is 154 Å². The highest BCUT2D eigenvalue weighted by Gasteiger charge is 2.42. The molecule has 130 valence electrons. The van der Waals surface area contributed by atoms with Gasteiger partial charge in [-0.25, -0.2) is 0 Å². The number of carbonyl (C=O) groups excluding carboxylic acids is 1. The van der Waals surface area contributed by atoms with Crippen LogP contribution in [0.1, 0.15) is 43.7 Å². The van der Waals surface area contributed by atoms with E-state index >= 15 is 0 Å². The Balaban J connectivity index is 1.98. The third-order valence-corrected chi connectivity index (χ3v) is 5.42. The summed E-state index contributed by atoms with van der Waals surface area (Å²) in [6.07, 6.45) is 1.16. The lowest BCUT2D eigenvalue weighted by Crippen LogP contribution is -2.35. The summed E-state index contributed by atoms with van der Waals surface area (Å²) in [6, 6.07) is 5.15. The smallest absolute Gasteiger partial charge is 0.270 e. The highest BCUT2D eigenvalue weighted by atomic mass is 35.5. The Kier molecular flexibility index (Phi) is 3.63. The first kappa shape index (κ1) is 16.5. The van der Waals surface area contributed by atoms with Gasteiger partial charge < -0.3 is 5.32 Å². The Morgan fingerprint density at radius 1 is 1.12 bits per heavy atom. The Bertz CT molecular complexity index is 984. The van der Waals surface area contributed by atoms with Crippen molar-refractivity contribution in [1.29, 1.82) is 0 Å². The molecule has 1 aromatic heterocycles. The van der Waals surface area contributed by atoms with E-state index in [1.807, 2.05) is 0 Å². The van der Waals surface area contributed by atoms with Crippen LogP contribution in [0.15, 0.2) is 34.3 Å². The van der Waals surface area contributed by atoms with Gasteiger partial charge in [0.2, 0.25) is 0 Å². The molecule has 4 rings (SSSR count). The van der Waals surface area contributed by atoms with Crippen molar-refractivity contribution < 1.29 is 4.79 Å². The number of Topliss-reactive ketones (excluding diaryl/α,β-unsaturated/α-hetero) is 1. The number of allylic oxidation sites excluding steroid dienone is 2. The summed E-state index contributed by atoms with van der Waals surface area (Å²) in [6.45, 7) is 4.13. The van der Waals surface area contributed by atoms with Crippen molar-refractivity contribution in [3.63, 3.8) is 0 Å². The average molecular weight is 378 g/mol. The maximum Gasteiger partial charge on any atom is 0.270 e. The second-order valence-corrected chi connectivity index (χ2v) is 8.27. The molecule has 0 bridgehead atoms. The van der Waals surface area contributed by atoms with Crippen molar-refractivity contribution in [2.75, 3.05) is 5.32 Å². The minimum atomic E-state index is -0.505. The highest BCUT2D eigenvalue weighted by Crippen LogP contribution is 2.48. The van der Waals surface area contributed by atoms with Crippen LogP contribution in [0.3, 0.4) is 0 Å². The summed E-state index contributed by atoms with van der Waals surface area (Å²) >= 11 is 12.4. The molecule has 0 saturated heterocycles. The second kappa shape index (κ2) is 5.51. The van der Waals surface area contributed by atoms with Crippen LogP contribution >= 0.6 is 23.2 Å². The van der Waals surface area contributed by atoms with Crippen molar-refractivity contribution in [1.82, 2.24) is 10.2 Å². The summed E-state index contributed by atoms with van der Waals surface area (Å²) in [5, 5.41) is 9.66. The molecule has 0 saturated carbocycles. The largest absolute Gasteiger partial charge is 0.343 e. The number of halogens is 2. The van der Waals surface area contributed by atoms with Crippen LogP contribution in [0, 0.1) is 5.41 Å². The van der Waals surface area contributed by atoms with Crippen LogP contribution in [0.25, 0.3) is 0 Å². The van der Waals surface area contributed by atoms with Crippen molar-refractivity contribution >= 4 is 34.8 Å². The van der Waals surface area contributed by atoms with Gasteiger partial charge in [-0.15, -0.1) is 0 Å². The molecule has 2 heterocycles. The molecule has 0 unspecified atom stereocenters. The van der Waals surface area contributed by atoms with Crippen molar-refractivity contribution in [3.05, 3.63) is 61.0 Å². The fraction of sp³-hybridized carbons (Fsp3) is 0.333. The number of benzene rings is 1. The zero-order chi connectivity index (χ0) is 17.9. The van der Waals surface area contributed by atoms with Crippen LogP contribution in [0.5, 0.6) is 0 Å². The zero-order valence-electron chi connectivity index (χ0n) is 13.8. The monoisotopic (exact) mass is 377 g/mol. The van der Waals surface area contributed by atoms with Crippen LogP contribution in [-0.4, -0.2) is 16.0 Å². The van der Waals surface area contributed by atoms with Crippen LogP contribution in [0.4, 0.5) is 5.82 Å². The lowest BCUT2D eigenvalue weighted by Gasteiger charge is -2.38. The van der Waals surface area contributed by atoms with Gasteiger partial charge in [0.05, 0.1) is 5.56 Å². The Morgan fingerprint density at radius 3 is 2.60 bits per heavy atom. The van der Waals surface area contributed by atoms with Gasteiger partial charge in [0.25, 0.3) is 5.56 Å². The van der Waals surface area contributed by atoms with Gasteiger partial charge in [-0.3, -0.25) is 19.8 Å². The number of hydrogen-bond donors (Lipinski definition) is 3. The molecule has 1 aromatic carbocycles. The van der Waals surface area contributed by atoms with Crippen LogP contribution in [0.2, 0.25) is 10.0 Å². The standard InChI is InChI=1S/C18H17Cl2N3O2/c1-18(2)6-11-14(12(24)7-18)13(9-4-3-8(19)5-10(9)20)15-16(21-11)22-23-17(15)25/h3-5,13H,6-7H2,1-2H3,(H3,21,22,23,25)/t13-/m1/s1. The minimum absolute atomic E-state index is 0.0426. The summed E-state index contributed by atoms with van der Waals surface area (Å²) in [4.78, 5) is 25.4. The maximum atomic E-state index is 13.0. The third kappa shape index (κ3) is 2.62. The molecule has 2 aromatic rings. The maximum absolute atomic E-state index is 13.0. The van der Waals surface area contributed by atoms with E-state index in [0.29, 0.717) is 39.0 Å². The molecule has 1 atom stereocenters. The first-order valence-electron chi connectivity index (χ1n) is 8.05. The molecule has 5 nitrogen and oxygen atoms in total. The summed E-state index contributed by atoms with van der Waals surface area (Å²) in [5.41, 5.74) is 2.27. The molecule has 1 aliphatic heterocycles. The summed E-state index contributed by atoms with van der Waals surface area (Å²) in [5.74, 6) is 0.126. The topological polar surface area (TPSA) is 77.8 Å². The number of H-pyrrole nitrogens is 2. The zero-order valence-corrected chi connectivity index (χ0v) is 15.3. The van der Waals surface area contributed by atoms with Crippen molar-refractivity contribution in [2.45, 2.75) is 32.6 Å². The summed E-state index contributed by atoms with van der Waals surface area (Å²) in [7, 11) is 0. The van der Waals surface area contributed by atoms with Crippen molar-refractivity contribution in [3.8, 4) is 0 Å². The van der Waals surface area contributed by atoms with Gasteiger partial charge in [0.15, 0.2) is 5.78 Å². The molecule has 3 N–H and O–H groups in total. The van der Waals surface area contributed by atoms with E-state index in [9.17, 15) is 9.59 Å². The molecule has 2 aliphatic rings. The van der Waals surface area contributed by atoms with Gasteiger partial charge in [-0.05, 0) is 29.5 Å². The molecule has 1 aliphatic carbocycles. The lowest BCUT2D eigenvalue weighted by atomic mass is 9.69. The van der Waals surface area contributed by atoms with Gasteiger partial charge in [0.1, 0.15) is 5.82 Å². The van der Waals surface area contributed by atoms with Crippen LogP contribution in [-0.2, 0) is 4.79 Å². The van der Waals surface area contributed by atoms with E-state index in [1.165, 1.54) is 0 Å². The van der Waals surface area contributed by atoms with Gasteiger partial charge >= 0.3 is 0 Å². The first-order valence-corrected chi connectivity index (χ1v) is 8.81. The van der Waals surface area contributed by atoms with Gasteiger partial charge in [0, 0.05) is 33.7 Å². The fourth-order valence-electron chi connectivity index (χ4n) is 3.86.